The Hall–Kier alpha value is -1.60. The van der Waals surface area contributed by atoms with Crippen molar-refractivity contribution in [2.24, 2.45) is 0 Å². The van der Waals surface area contributed by atoms with Gasteiger partial charge in [0.05, 0.1) is 7.11 Å². The predicted molar refractivity (Wildman–Crippen MR) is 74.4 cm³/mol. The van der Waals surface area contributed by atoms with E-state index in [1.165, 1.54) is 26.3 Å². The summed E-state index contributed by atoms with van der Waals surface area (Å²) in [6, 6.07) is 4.47. The summed E-state index contributed by atoms with van der Waals surface area (Å²) in [5.41, 5.74) is 0.363. The number of methoxy groups -OCH3 is 1. The summed E-state index contributed by atoms with van der Waals surface area (Å²) >= 11 is 0. The van der Waals surface area contributed by atoms with Gasteiger partial charge in [0, 0.05) is 18.7 Å². The zero-order chi connectivity index (χ0) is 14.8. The number of hydrogen-bond donors (Lipinski definition) is 1. The van der Waals surface area contributed by atoms with Gasteiger partial charge in [0.15, 0.2) is 0 Å². The van der Waals surface area contributed by atoms with Gasteiger partial charge in [0.25, 0.3) is 5.91 Å². The van der Waals surface area contributed by atoms with Crippen LogP contribution in [0, 0.1) is 0 Å². The largest absolute Gasteiger partial charge is 0.495 e. The van der Waals surface area contributed by atoms with Crippen LogP contribution in [0.2, 0.25) is 0 Å². The molecule has 1 aliphatic rings. The summed E-state index contributed by atoms with van der Waals surface area (Å²) in [5, 5.41) is 0. The van der Waals surface area contributed by atoms with Crippen LogP contribution in [0.3, 0.4) is 0 Å². The lowest BCUT2D eigenvalue weighted by molar-refractivity contribution is 0.0792. The molecule has 1 fully saturated rings. The van der Waals surface area contributed by atoms with E-state index in [9.17, 15) is 13.2 Å². The smallest absolute Gasteiger partial charge is 0.253 e. The lowest BCUT2D eigenvalue weighted by Gasteiger charge is -2.16. The minimum Gasteiger partial charge on any atom is -0.495 e. The normalized spacial score (nSPS) is 15.4. The molecule has 1 amide bonds. The van der Waals surface area contributed by atoms with Crippen LogP contribution >= 0.6 is 0 Å². The molecule has 0 aromatic heterocycles. The molecule has 1 aromatic rings. The van der Waals surface area contributed by atoms with Crippen molar-refractivity contribution < 1.29 is 17.9 Å². The van der Waals surface area contributed by atoms with Crippen molar-refractivity contribution in [3.63, 3.8) is 0 Å². The van der Waals surface area contributed by atoms with Crippen molar-refractivity contribution in [1.82, 2.24) is 9.62 Å². The van der Waals surface area contributed by atoms with Crippen molar-refractivity contribution in [3.8, 4) is 5.75 Å². The first-order chi connectivity index (χ1) is 9.49. The quantitative estimate of drug-likeness (QED) is 0.893. The molecule has 7 heteroatoms. The second-order valence-corrected chi connectivity index (χ2v) is 6.43. The van der Waals surface area contributed by atoms with E-state index in [4.69, 9.17) is 4.74 Å². The van der Waals surface area contributed by atoms with Crippen LogP contribution < -0.4 is 9.46 Å². The highest BCUT2D eigenvalue weighted by atomic mass is 32.2. The van der Waals surface area contributed by atoms with Crippen molar-refractivity contribution >= 4 is 15.9 Å². The Morgan fingerprint density at radius 3 is 2.50 bits per heavy atom. The van der Waals surface area contributed by atoms with Gasteiger partial charge in [0.2, 0.25) is 10.0 Å². The van der Waals surface area contributed by atoms with Crippen LogP contribution in [0.1, 0.15) is 23.2 Å². The number of sulfonamides is 1. The number of carbonyl (C=O) groups excluding carboxylic acids is 1. The Morgan fingerprint density at radius 2 is 1.95 bits per heavy atom. The first kappa shape index (κ1) is 14.8. The Morgan fingerprint density at radius 1 is 1.30 bits per heavy atom. The molecule has 1 aromatic carbocycles. The summed E-state index contributed by atoms with van der Waals surface area (Å²) < 4.78 is 31.2. The maximum absolute atomic E-state index is 12.3. The second-order valence-electron chi connectivity index (χ2n) is 4.57. The van der Waals surface area contributed by atoms with Gasteiger partial charge in [-0.25, -0.2) is 13.1 Å². The number of ether oxygens (including phenoxy) is 1. The van der Waals surface area contributed by atoms with Crippen LogP contribution in [0.5, 0.6) is 5.75 Å². The third-order valence-electron chi connectivity index (χ3n) is 3.36. The van der Waals surface area contributed by atoms with Gasteiger partial charge in [-0.15, -0.1) is 0 Å². The van der Waals surface area contributed by atoms with E-state index in [2.05, 4.69) is 4.72 Å². The molecule has 1 saturated heterocycles. The molecule has 0 aliphatic carbocycles. The SMILES string of the molecule is CNS(=O)(=O)c1cc(C(=O)N2CCCC2)ccc1OC. The van der Waals surface area contributed by atoms with E-state index in [-0.39, 0.29) is 16.6 Å². The molecule has 0 radical (unpaired) electrons. The summed E-state index contributed by atoms with van der Waals surface area (Å²) in [7, 11) is -0.948. The maximum Gasteiger partial charge on any atom is 0.253 e. The molecular formula is C13H18N2O4S. The van der Waals surface area contributed by atoms with E-state index >= 15 is 0 Å². The maximum atomic E-state index is 12.3. The average Bonchev–Trinajstić information content (AvgIpc) is 3.00. The average molecular weight is 298 g/mol. The molecule has 0 unspecified atom stereocenters. The van der Waals surface area contributed by atoms with Crippen molar-refractivity contribution in [2.45, 2.75) is 17.7 Å². The topological polar surface area (TPSA) is 75.7 Å². The number of likely N-dealkylation sites (tertiary alicyclic amines) is 1. The monoisotopic (exact) mass is 298 g/mol. The second kappa shape index (κ2) is 5.80. The molecule has 6 nitrogen and oxygen atoms in total. The third kappa shape index (κ3) is 2.78. The Labute approximate surface area is 118 Å². The van der Waals surface area contributed by atoms with Gasteiger partial charge in [-0.1, -0.05) is 0 Å². The van der Waals surface area contributed by atoms with Crippen LogP contribution in [0.4, 0.5) is 0 Å². The fourth-order valence-electron chi connectivity index (χ4n) is 2.23. The van der Waals surface area contributed by atoms with Crippen LogP contribution in [-0.4, -0.2) is 46.5 Å². The molecule has 0 saturated carbocycles. The number of hydrogen-bond acceptors (Lipinski definition) is 4. The lowest BCUT2D eigenvalue weighted by atomic mass is 10.2. The molecule has 2 rings (SSSR count). The molecule has 0 spiro atoms. The molecule has 1 aliphatic heterocycles. The van der Waals surface area contributed by atoms with Gasteiger partial charge in [-0.05, 0) is 38.1 Å². The summed E-state index contributed by atoms with van der Waals surface area (Å²) in [4.78, 5) is 14.0. The van der Waals surface area contributed by atoms with Crippen LogP contribution in [0.25, 0.3) is 0 Å². The van der Waals surface area contributed by atoms with Crippen molar-refractivity contribution in [1.29, 1.82) is 0 Å². The summed E-state index contributed by atoms with van der Waals surface area (Å²) in [5.74, 6) is 0.0787. The van der Waals surface area contributed by atoms with E-state index in [0.717, 1.165) is 25.9 Å². The lowest BCUT2D eigenvalue weighted by Crippen LogP contribution is -2.28. The zero-order valence-electron chi connectivity index (χ0n) is 11.5. The first-order valence-corrected chi connectivity index (χ1v) is 7.89. The Kier molecular flexibility index (Phi) is 4.29. The fourth-order valence-corrected chi connectivity index (χ4v) is 3.15. The molecule has 0 atom stereocenters. The molecule has 110 valence electrons. The highest BCUT2D eigenvalue weighted by molar-refractivity contribution is 7.89. The molecular weight excluding hydrogens is 280 g/mol. The number of nitrogens with one attached hydrogen (secondary N) is 1. The number of carbonyl (C=O) groups is 1. The number of benzene rings is 1. The van der Waals surface area contributed by atoms with E-state index in [0.29, 0.717) is 5.56 Å². The number of amides is 1. The summed E-state index contributed by atoms with van der Waals surface area (Å²) in [6.07, 6.45) is 1.98. The van der Waals surface area contributed by atoms with Crippen molar-refractivity contribution in [2.75, 3.05) is 27.2 Å². The standard InChI is InChI=1S/C13H18N2O4S/c1-14-20(17,18)12-9-10(5-6-11(12)19-2)13(16)15-7-3-4-8-15/h5-6,9,14H,3-4,7-8H2,1-2H3. The highest BCUT2D eigenvalue weighted by Gasteiger charge is 2.23. The summed E-state index contributed by atoms with van der Waals surface area (Å²) in [6.45, 7) is 1.44. The van der Waals surface area contributed by atoms with Gasteiger partial charge < -0.3 is 9.64 Å². The van der Waals surface area contributed by atoms with Gasteiger partial charge in [-0.3, -0.25) is 4.79 Å². The fraction of sp³-hybridized carbons (Fsp3) is 0.462. The third-order valence-corrected chi connectivity index (χ3v) is 4.80. The van der Waals surface area contributed by atoms with Crippen molar-refractivity contribution in [3.05, 3.63) is 23.8 Å². The van der Waals surface area contributed by atoms with Crippen LogP contribution in [0.15, 0.2) is 23.1 Å². The number of rotatable bonds is 4. The Balaban J connectivity index is 2.42. The van der Waals surface area contributed by atoms with E-state index < -0.39 is 10.0 Å². The zero-order valence-corrected chi connectivity index (χ0v) is 12.4. The predicted octanol–water partition coefficient (Wildman–Crippen LogP) is 0.839. The number of nitrogens with zero attached hydrogens (tertiary/aromatic N) is 1. The van der Waals surface area contributed by atoms with E-state index in [1.807, 2.05) is 0 Å². The van der Waals surface area contributed by atoms with Gasteiger partial charge in [-0.2, -0.15) is 0 Å². The molecule has 0 bridgehead atoms. The van der Waals surface area contributed by atoms with Gasteiger partial charge >= 0.3 is 0 Å². The molecule has 20 heavy (non-hydrogen) atoms. The van der Waals surface area contributed by atoms with Crippen LogP contribution in [-0.2, 0) is 10.0 Å². The molecule has 1 N–H and O–H groups in total. The Bertz CT molecular complexity index is 607. The highest BCUT2D eigenvalue weighted by Crippen LogP contribution is 2.25. The first-order valence-electron chi connectivity index (χ1n) is 6.40. The van der Waals surface area contributed by atoms with Gasteiger partial charge in [0.1, 0.15) is 10.6 Å². The molecule has 1 heterocycles. The minimum atomic E-state index is -3.67. The van der Waals surface area contributed by atoms with E-state index in [1.54, 1.807) is 11.0 Å². The minimum absolute atomic E-state index is 0.0208.